The number of carbonyl (C=O) groups excluding carboxylic acids is 1. The molecule has 3 heterocycles. The monoisotopic (exact) mass is 499 g/mol. The molecule has 1 amide bonds. The molecule has 0 spiro atoms. The van der Waals surface area contributed by atoms with Gasteiger partial charge in [-0.3, -0.25) is 4.79 Å². The zero-order valence-electron chi connectivity index (χ0n) is 17.4. The molecule has 32 heavy (non-hydrogen) atoms. The first-order valence-electron chi connectivity index (χ1n) is 10.3. The van der Waals surface area contributed by atoms with Crippen LogP contribution in [0.5, 0.6) is 0 Å². The smallest absolute Gasteiger partial charge is 0.251 e. The maximum atomic E-state index is 13.1. The van der Waals surface area contributed by atoms with Crippen molar-refractivity contribution in [2.45, 2.75) is 17.9 Å². The van der Waals surface area contributed by atoms with Crippen LogP contribution in [0.3, 0.4) is 0 Å². The summed E-state index contributed by atoms with van der Waals surface area (Å²) < 4.78 is 58.9. The molecule has 0 atom stereocenters. The fourth-order valence-corrected chi connectivity index (χ4v) is 7.40. The number of nitrogens with zero attached hydrogens (tertiary/aromatic N) is 2. The lowest BCUT2D eigenvalue weighted by Gasteiger charge is -2.26. The van der Waals surface area contributed by atoms with Gasteiger partial charge in [0, 0.05) is 43.2 Å². The van der Waals surface area contributed by atoms with Crippen molar-refractivity contribution in [3.05, 3.63) is 51.7 Å². The molecule has 1 aromatic carbocycles. The van der Waals surface area contributed by atoms with Crippen molar-refractivity contribution in [1.29, 1.82) is 0 Å². The second kappa shape index (κ2) is 9.57. The molecule has 2 aliphatic rings. The number of benzene rings is 1. The number of amides is 1. The van der Waals surface area contributed by atoms with Gasteiger partial charge in [-0.05, 0) is 41.6 Å². The third-order valence-corrected chi connectivity index (χ3v) is 10.3. The van der Waals surface area contributed by atoms with Crippen molar-refractivity contribution in [2.24, 2.45) is 0 Å². The lowest BCUT2D eigenvalue weighted by Crippen LogP contribution is -2.43. The van der Waals surface area contributed by atoms with E-state index in [0.29, 0.717) is 45.8 Å². The summed E-state index contributed by atoms with van der Waals surface area (Å²) >= 11 is 1.63. The van der Waals surface area contributed by atoms with Crippen LogP contribution in [0.1, 0.15) is 20.8 Å². The summed E-state index contributed by atoms with van der Waals surface area (Å²) in [6, 6.07) is 7.78. The Hall–Kier alpha value is -1.83. The van der Waals surface area contributed by atoms with Gasteiger partial charge in [-0.15, -0.1) is 11.3 Å². The molecule has 9 nitrogen and oxygen atoms in total. The molecule has 0 saturated carbocycles. The highest BCUT2D eigenvalue weighted by molar-refractivity contribution is 7.89. The SMILES string of the molecule is O=C(NCCS(=O)(=O)N1CCOCC1)c1cccc(S(=O)(=O)N2CCc3sccc3C2)c1. The molecule has 1 fully saturated rings. The van der Waals surface area contributed by atoms with Crippen LogP contribution in [0.25, 0.3) is 0 Å². The Balaban J connectivity index is 1.39. The van der Waals surface area contributed by atoms with E-state index in [2.05, 4.69) is 5.32 Å². The van der Waals surface area contributed by atoms with Crippen LogP contribution in [0.2, 0.25) is 0 Å². The molecule has 0 aliphatic carbocycles. The molecule has 1 N–H and O–H groups in total. The third-order valence-electron chi connectivity index (χ3n) is 5.52. The van der Waals surface area contributed by atoms with Gasteiger partial charge in [0.15, 0.2) is 0 Å². The van der Waals surface area contributed by atoms with E-state index in [0.717, 1.165) is 5.56 Å². The van der Waals surface area contributed by atoms with E-state index in [-0.39, 0.29) is 22.8 Å². The maximum absolute atomic E-state index is 13.1. The number of carbonyl (C=O) groups is 1. The van der Waals surface area contributed by atoms with Crippen molar-refractivity contribution in [3.8, 4) is 0 Å². The second-order valence-electron chi connectivity index (χ2n) is 7.57. The highest BCUT2D eigenvalue weighted by atomic mass is 32.2. The van der Waals surface area contributed by atoms with Gasteiger partial charge in [-0.2, -0.15) is 8.61 Å². The molecular weight excluding hydrogens is 474 g/mol. The van der Waals surface area contributed by atoms with Crippen LogP contribution in [-0.4, -0.2) is 76.5 Å². The van der Waals surface area contributed by atoms with E-state index < -0.39 is 26.0 Å². The minimum absolute atomic E-state index is 0.0461. The van der Waals surface area contributed by atoms with Crippen molar-refractivity contribution in [3.63, 3.8) is 0 Å². The van der Waals surface area contributed by atoms with Crippen LogP contribution < -0.4 is 5.32 Å². The number of ether oxygens (including phenoxy) is 1. The summed E-state index contributed by atoms with van der Waals surface area (Å²) in [6.45, 7) is 1.97. The zero-order valence-corrected chi connectivity index (χ0v) is 19.8. The number of hydrogen-bond donors (Lipinski definition) is 1. The summed E-state index contributed by atoms with van der Waals surface area (Å²) in [5.74, 6) is -0.744. The maximum Gasteiger partial charge on any atom is 0.251 e. The number of fused-ring (bicyclic) bond motifs is 1. The van der Waals surface area contributed by atoms with Gasteiger partial charge in [0.05, 0.1) is 23.9 Å². The molecule has 1 aromatic heterocycles. The summed E-state index contributed by atoms with van der Waals surface area (Å²) in [6.07, 6.45) is 0.671. The minimum Gasteiger partial charge on any atom is -0.379 e. The summed E-state index contributed by atoms with van der Waals surface area (Å²) in [7, 11) is -7.24. The van der Waals surface area contributed by atoms with E-state index >= 15 is 0 Å². The molecule has 174 valence electrons. The first-order chi connectivity index (χ1) is 15.3. The molecule has 0 unspecified atom stereocenters. The summed E-state index contributed by atoms with van der Waals surface area (Å²) in [5.41, 5.74) is 1.18. The molecule has 0 bridgehead atoms. The van der Waals surface area contributed by atoms with E-state index in [4.69, 9.17) is 4.74 Å². The van der Waals surface area contributed by atoms with Gasteiger partial charge in [0.1, 0.15) is 0 Å². The quantitative estimate of drug-likeness (QED) is 0.605. The van der Waals surface area contributed by atoms with E-state index in [1.807, 2.05) is 11.4 Å². The van der Waals surface area contributed by atoms with Crippen LogP contribution in [-0.2, 0) is 37.7 Å². The normalized spacial score (nSPS) is 18.2. The van der Waals surface area contributed by atoms with E-state index in [1.54, 1.807) is 11.3 Å². The fraction of sp³-hybridized carbons (Fsp3) is 0.450. The molecule has 1 saturated heterocycles. The lowest BCUT2D eigenvalue weighted by atomic mass is 10.1. The Morgan fingerprint density at radius 3 is 2.62 bits per heavy atom. The van der Waals surface area contributed by atoms with Crippen molar-refractivity contribution < 1.29 is 26.4 Å². The molecule has 2 aromatic rings. The minimum atomic E-state index is -3.75. The van der Waals surface area contributed by atoms with Gasteiger partial charge >= 0.3 is 0 Å². The van der Waals surface area contributed by atoms with E-state index in [1.165, 1.54) is 37.8 Å². The summed E-state index contributed by atoms with van der Waals surface area (Å²) in [4.78, 5) is 13.8. The Morgan fingerprint density at radius 1 is 1.06 bits per heavy atom. The van der Waals surface area contributed by atoms with Crippen molar-refractivity contribution >= 4 is 37.3 Å². The first kappa shape index (κ1) is 23.3. The average Bonchev–Trinajstić information content (AvgIpc) is 3.27. The molecule has 12 heteroatoms. The van der Waals surface area contributed by atoms with Gasteiger partial charge in [-0.1, -0.05) is 6.07 Å². The zero-order chi connectivity index (χ0) is 22.8. The van der Waals surface area contributed by atoms with Crippen molar-refractivity contribution in [2.75, 3.05) is 45.1 Å². The average molecular weight is 500 g/mol. The predicted octanol–water partition coefficient (Wildman–Crippen LogP) is 0.887. The fourth-order valence-electron chi connectivity index (χ4n) is 3.72. The van der Waals surface area contributed by atoms with Crippen LogP contribution in [0.4, 0.5) is 0 Å². The Labute approximate surface area is 192 Å². The van der Waals surface area contributed by atoms with Crippen LogP contribution >= 0.6 is 11.3 Å². The highest BCUT2D eigenvalue weighted by Gasteiger charge is 2.29. The van der Waals surface area contributed by atoms with Crippen LogP contribution in [0, 0.1) is 0 Å². The van der Waals surface area contributed by atoms with Gasteiger partial charge in [-0.25, -0.2) is 16.8 Å². The number of hydrogen-bond acceptors (Lipinski definition) is 7. The molecular formula is C20H25N3O6S3. The number of thiophene rings is 1. The number of rotatable bonds is 7. The second-order valence-corrected chi connectivity index (χ2v) is 12.6. The first-order valence-corrected chi connectivity index (χ1v) is 14.2. The largest absolute Gasteiger partial charge is 0.379 e. The predicted molar refractivity (Wildman–Crippen MR) is 121 cm³/mol. The Kier molecular flexibility index (Phi) is 6.98. The van der Waals surface area contributed by atoms with E-state index in [9.17, 15) is 21.6 Å². The third kappa shape index (κ3) is 5.05. The molecule has 4 rings (SSSR count). The Bertz CT molecular complexity index is 1190. The van der Waals surface area contributed by atoms with Gasteiger partial charge in [0.25, 0.3) is 5.91 Å². The Morgan fingerprint density at radius 2 is 1.84 bits per heavy atom. The summed E-state index contributed by atoms with van der Waals surface area (Å²) in [5, 5.41) is 4.54. The van der Waals surface area contributed by atoms with Gasteiger partial charge < -0.3 is 10.1 Å². The lowest BCUT2D eigenvalue weighted by molar-refractivity contribution is 0.0730. The topological polar surface area (TPSA) is 113 Å². The van der Waals surface area contributed by atoms with Gasteiger partial charge in [0.2, 0.25) is 20.0 Å². The van der Waals surface area contributed by atoms with Crippen LogP contribution in [0.15, 0.2) is 40.6 Å². The number of sulfonamides is 2. The van der Waals surface area contributed by atoms with Crippen molar-refractivity contribution in [1.82, 2.24) is 13.9 Å². The number of morpholine rings is 1. The number of nitrogens with one attached hydrogen (secondary N) is 1. The molecule has 2 aliphatic heterocycles. The standard InChI is InChI=1S/C20H25N3O6S3/c24-20(21-6-13-31(25,26)22-8-10-29-11-9-22)16-2-1-3-18(14-16)32(27,28)23-7-4-19-17(15-23)5-12-30-19/h1-3,5,12,14H,4,6-11,13,15H2,(H,21,24). The molecule has 0 radical (unpaired) electrons. The highest BCUT2D eigenvalue weighted by Crippen LogP contribution is 2.28.